The lowest BCUT2D eigenvalue weighted by Gasteiger charge is -2.36. The first kappa shape index (κ1) is 24.7. The van der Waals surface area contributed by atoms with Crippen LogP contribution in [0, 0.1) is 10.1 Å². The molecule has 0 bridgehead atoms. The molecule has 35 heavy (non-hydrogen) atoms. The number of nitro groups is 1. The average molecular weight is 531 g/mol. The lowest BCUT2D eigenvalue weighted by Crippen LogP contribution is -2.52. The van der Waals surface area contributed by atoms with Crippen molar-refractivity contribution in [3.05, 3.63) is 86.6 Å². The maximum absolute atomic E-state index is 12.4. The number of hydrogen-bond donors (Lipinski definition) is 1. The smallest absolute Gasteiger partial charge is 0.294 e. The highest BCUT2D eigenvalue weighted by atomic mass is 35.5. The van der Waals surface area contributed by atoms with Gasteiger partial charge in [0.1, 0.15) is 17.2 Å². The number of thiocarbonyl (C=S) groups is 1. The monoisotopic (exact) mass is 530 g/mol. The van der Waals surface area contributed by atoms with Gasteiger partial charge in [0.25, 0.3) is 5.69 Å². The van der Waals surface area contributed by atoms with Gasteiger partial charge >= 0.3 is 0 Å². The first-order chi connectivity index (χ1) is 16.8. The van der Waals surface area contributed by atoms with Crippen molar-refractivity contribution in [2.75, 3.05) is 31.1 Å². The van der Waals surface area contributed by atoms with Crippen molar-refractivity contribution in [1.82, 2.24) is 10.2 Å². The second-order valence-corrected chi connectivity index (χ2v) is 8.96. The summed E-state index contributed by atoms with van der Waals surface area (Å²) in [6, 6.07) is 15.5. The molecule has 11 heteroatoms. The van der Waals surface area contributed by atoms with Crippen LogP contribution in [0.15, 0.2) is 65.1 Å². The van der Waals surface area contributed by atoms with Crippen molar-refractivity contribution >= 4 is 63.9 Å². The third kappa shape index (κ3) is 6.19. The summed E-state index contributed by atoms with van der Waals surface area (Å²) in [7, 11) is 0. The maximum Gasteiger partial charge on any atom is 0.294 e. The van der Waals surface area contributed by atoms with Crippen molar-refractivity contribution in [1.29, 1.82) is 0 Å². The van der Waals surface area contributed by atoms with E-state index in [0.717, 1.165) is 5.56 Å². The third-order valence-electron chi connectivity index (χ3n) is 5.43. The van der Waals surface area contributed by atoms with Crippen LogP contribution in [-0.2, 0) is 4.79 Å². The molecule has 0 unspecified atom stereocenters. The van der Waals surface area contributed by atoms with Gasteiger partial charge in [0.05, 0.1) is 4.92 Å². The van der Waals surface area contributed by atoms with Gasteiger partial charge in [-0.05, 0) is 66.8 Å². The number of benzene rings is 2. The summed E-state index contributed by atoms with van der Waals surface area (Å²) in [5, 5.41) is 15.3. The van der Waals surface area contributed by atoms with Crippen molar-refractivity contribution in [2.24, 2.45) is 0 Å². The lowest BCUT2D eigenvalue weighted by atomic mass is 10.2. The van der Waals surface area contributed by atoms with E-state index in [1.807, 2.05) is 28.0 Å². The highest BCUT2D eigenvalue weighted by molar-refractivity contribution is 7.80. The van der Waals surface area contributed by atoms with E-state index in [0.29, 0.717) is 58.5 Å². The summed E-state index contributed by atoms with van der Waals surface area (Å²) in [4.78, 5) is 27.1. The lowest BCUT2D eigenvalue weighted by molar-refractivity contribution is -0.384. The predicted octanol–water partition coefficient (Wildman–Crippen LogP) is 5.40. The molecule has 1 N–H and O–H groups in total. The van der Waals surface area contributed by atoms with E-state index in [-0.39, 0.29) is 11.6 Å². The van der Waals surface area contributed by atoms with Crippen LogP contribution in [0.2, 0.25) is 10.0 Å². The highest BCUT2D eigenvalue weighted by Crippen LogP contribution is 2.31. The quantitative estimate of drug-likeness (QED) is 0.204. The number of carbonyl (C=O) groups excluding carboxylic acids is 1. The van der Waals surface area contributed by atoms with Crippen molar-refractivity contribution in [3.63, 3.8) is 0 Å². The number of hydrogen-bond acceptors (Lipinski definition) is 6. The normalized spacial score (nSPS) is 13.8. The Morgan fingerprint density at radius 2 is 1.71 bits per heavy atom. The largest absolute Gasteiger partial charge is 0.457 e. The third-order valence-corrected chi connectivity index (χ3v) is 6.27. The Labute approximate surface area is 216 Å². The van der Waals surface area contributed by atoms with Crippen molar-refractivity contribution in [3.8, 4) is 11.3 Å². The van der Waals surface area contributed by atoms with Gasteiger partial charge in [-0.15, -0.1) is 0 Å². The summed E-state index contributed by atoms with van der Waals surface area (Å²) < 4.78 is 5.75. The molecule has 1 aliphatic heterocycles. The number of nitro benzene ring substituents is 1. The molecule has 1 amide bonds. The van der Waals surface area contributed by atoms with Crippen LogP contribution in [0.4, 0.5) is 11.4 Å². The van der Waals surface area contributed by atoms with Gasteiger partial charge in [-0.3, -0.25) is 20.2 Å². The van der Waals surface area contributed by atoms with Gasteiger partial charge < -0.3 is 14.2 Å². The highest BCUT2D eigenvalue weighted by Gasteiger charge is 2.25. The van der Waals surface area contributed by atoms with E-state index >= 15 is 0 Å². The number of piperazine rings is 1. The van der Waals surface area contributed by atoms with Gasteiger partial charge in [-0.2, -0.15) is 0 Å². The molecule has 0 spiro atoms. The Morgan fingerprint density at radius 1 is 1.03 bits per heavy atom. The predicted molar refractivity (Wildman–Crippen MR) is 141 cm³/mol. The minimum atomic E-state index is -0.442. The Bertz CT molecular complexity index is 1280. The zero-order valence-electron chi connectivity index (χ0n) is 18.3. The van der Waals surface area contributed by atoms with Crippen molar-refractivity contribution in [2.45, 2.75) is 0 Å². The standard InChI is InChI=1S/C24H20Cl2N4O4S/c25-17-3-1-16(2-4-17)22-9-6-19(34-22)7-10-23(31)27-24(35)29-13-11-28(12-14-29)20-8-5-18(26)15-21(20)30(32)33/h1-10,15H,11-14H2,(H,27,31,35). The summed E-state index contributed by atoms with van der Waals surface area (Å²) in [5.41, 5.74) is 1.35. The number of nitrogens with one attached hydrogen (secondary N) is 1. The fourth-order valence-electron chi connectivity index (χ4n) is 3.66. The van der Waals surface area contributed by atoms with Gasteiger partial charge in [-0.25, -0.2) is 0 Å². The van der Waals surface area contributed by atoms with E-state index < -0.39 is 4.92 Å². The summed E-state index contributed by atoms with van der Waals surface area (Å²) in [6.45, 7) is 2.03. The number of carbonyl (C=O) groups is 1. The molecular formula is C24H20Cl2N4O4S. The zero-order chi connectivity index (χ0) is 24.9. The number of halogens is 2. The fraction of sp³-hybridized carbons (Fsp3) is 0.167. The summed E-state index contributed by atoms with van der Waals surface area (Å²) in [5.74, 6) is 0.806. The molecule has 0 radical (unpaired) electrons. The van der Waals surface area contributed by atoms with Gasteiger partial charge in [-0.1, -0.05) is 23.2 Å². The van der Waals surface area contributed by atoms with E-state index in [1.54, 1.807) is 36.4 Å². The molecule has 2 aromatic carbocycles. The van der Waals surface area contributed by atoms with Crippen LogP contribution in [0.1, 0.15) is 5.76 Å². The van der Waals surface area contributed by atoms with Crippen LogP contribution in [0.25, 0.3) is 17.4 Å². The summed E-state index contributed by atoms with van der Waals surface area (Å²) >= 11 is 17.2. The van der Waals surface area contributed by atoms with Gasteiger partial charge in [0.2, 0.25) is 5.91 Å². The Hall–Kier alpha value is -3.40. The zero-order valence-corrected chi connectivity index (χ0v) is 20.6. The van der Waals surface area contributed by atoms with Crippen LogP contribution in [-0.4, -0.2) is 47.0 Å². The molecule has 0 atom stereocenters. The molecule has 1 fully saturated rings. The number of rotatable bonds is 5. The minimum absolute atomic E-state index is 0.0379. The molecular weight excluding hydrogens is 511 g/mol. The number of nitrogens with zero attached hydrogens (tertiary/aromatic N) is 3. The molecule has 8 nitrogen and oxygen atoms in total. The SMILES string of the molecule is O=C(C=Cc1ccc(-c2ccc(Cl)cc2)o1)NC(=S)N1CCN(c2ccc(Cl)cc2[N+](=O)[O-])CC1. The minimum Gasteiger partial charge on any atom is -0.457 e. The first-order valence-electron chi connectivity index (χ1n) is 10.6. The van der Waals surface area contributed by atoms with E-state index in [1.165, 1.54) is 12.1 Å². The maximum atomic E-state index is 12.4. The molecule has 1 aliphatic rings. The molecule has 1 aromatic heterocycles. The van der Waals surface area contributed by atoms with Crippen LogP contribution in [0.3, 0.4) is 0 Å². The van der Waals surface area contributed by atoms with Crippen molar-refractivity contribution < 1.29 is 14.1 Å². The van der Waals surface area contributed by atoms with E-state index in [2.05, 4.69) is 5.32 Å². The summed E-state index contributed by atoms with van der Waals surface area (Å²) in [6.07, 6.45) is 2.92. The van der Waals surface area contributed by atoms with Crippen LogP contribution < -0.4 is 10.2 Å². The Balaban J connectivity index is 1.30. The average Bonchev–Trinajstić information content (AvgIpc) is 3.32. The van der Waals surface area contributed by atoms with Crippen LogP contribution >= 0.6 is 35.4 Å². The Kier molecular flexibility index (Phi) is 7.70. The second kappa shape index (κ2) is 10.9. The number of amides is 1. The number of furan rings is 1. The molecule has 2 heterocycles. The van der Waals surface area contributed by atoms with E-state index in [9.17, 15) is 14.9 Å². The molecule has 0 saturated carbocycles. The molecule has 0 aliphatic carbocycles. The molecule has 1 saturated heterocycles. The second-order valence-electron chi connectivity index (χ2n) is 7.70. The van der Waals surface area contributed by atoms with Gasteiger partial charge in [0, 0.05) is 53.9 Å². The number of anilines is 1. The molecule has 4 rings (SSSR count). The van der Waals surface area contributed by atoms with Crippen LogP contribution in [0.5, 0.6) is 0 Å². The molecule has 3 aromatic rings. The fourth-order valence-corrected chi connectivity index (χ4v) is 4.23. The molecule has 180 valence electrons. The van der Waals surface area contributed by atoms with Gasteiger partial charge in [0.15, 0.2) is 5.11 Å². The first-order valence-corrected chi connectivity index (χ1v) is 11.8. The topological polar surface area (TPSA) is 91.9 Å². The Morgan fingerprint density at radius 3 is 2.40 bits per heavy atom. The van der Waals surface area contributed by atoms with E-state index in [4.69, 9.17) is 39.8 Å².